The predicted molar refractivity (Wildman–Crippen MR) is 94.9 cm³/mol. The number of para-hydroxylation sites is 1. The Bertz CT molecular complexity index is 766. The van der Waals surface area contributed by atoms with E-state index in [4.69, 9.17) is 21.1 Å². The van der Waals surface area contributed by atoms with Crippen LogP contribution in [-0.4, -0.2) is 37.2 Å². The zero-order valence-corrected chi connectivity index (χ0v) is 14.4. The molecule has 4 rings (SSSR count). The van der Waals surface area contributed by atoms with Crippen LogP contribution in [0.25, 0.3) is 0 Å². The SMILES string of the molecule is O=C(N[C@@H]1COc2ccccc21)N1CCO[C@H](c2ccc(Cl)cc2)C1. The van der Waals surface area contributed by atoms with Gasteiger partial charge in [-0.1, -0.05) is 41.9 Å². The summed E-state index contributed by atoms with van der Waals surface area (Å²) in [5.41, 5.74) is 2.05. The molecule has 2 heterocycles. The van der Waals surface area contributed by atoms with Gasteiger partial charge in [-0.3, -0.25) is 0 Å². The first kappa shape index (κ1) is 16.2. The van der Waals surface area contributed by atoms with Crippen LogP contribution in [0.5, 0.6) is 5.75 Å². The molecule has 2 aromatic carbocycles. The molecule has 2 amide bonds. The summed E-state index contributed by atoms with van der Waals surface area (Å²) in [6.07, 6.45) is -0.135. The van der Waals surface area contributed by atoms with Crippen molar-refractivity contribution in [2.45, 2.75) is 12.1 Å². The van der Waals surface area contributed by atoms with Crippen LogP contribution in [-0.2, 0) is 4.74 Å². The highest BCUT2D eigenvalue weighted by atomic mass is 35.5. The molecule has 0 unspecified atom stereocenters. The van der Waals surface area contributed by atoms with Gasteiger partial charge in [-0.25, -0.2) is 4.79 Å². The third kappa shape index (κ3) is 3.43. The smallest absolute Gasteiger partial charge is 0.318 e. The van der Waals surface area contributed by atoms with Crippen molar-refractivity contribution in [3.63, 3.8) is 0 Å². The number of ether oxygens (including phenoxy) is 2. The Balaban J connectivity index is 1.41. The second-order valence-electron chi connectivity index (χ2n) is 6.21. The molecule has 2 aliphatic heterocycles. The molecule has 1 saturated heterocycles. The third-order valence-corrected chi connectivity index (χ3v) is 4.85. The van der Waals surface area contributed by atoms with Crippen LogP contribution >= 0.6 is 11.6 Å². The molecule has 5 nitrogen and oxygen atoms in total. The van der Waals surface area contributed by atoms with Crippen LogP contribution in [0, 0.1) is 0 Å². The lowest BCUT2D eigenvalue weighted by molar-refractivity contribution is -0.0158. The molecule has 6 heteroatoms. The van der Waals surface area contributed by atoms with E-state index < -0.39 is 0 Å². The summed E-state index contributed by atoms with van der Waals surface area (Å²) in [7, 11) is 0. The summed E-state index contributed by atoms with van der Waals surface area (Å²) in [5.74, 6) is 0.841. The maximum Gasteiger partial charge on any atom is 0.318 e. The summed E-state index contributed by atoms with van der Waals surface area (Å²) >= 11 is 5.94. The highest BCUT2D eigenvalue weighted by Crippen LogP contribution is 2.32. The molecule has 25 heavy (non-hydrogen) atoms. The van der Waals surface area contributed by atoms with Gasteiger partial charge in [0.15, 0.2) is 0 Å². The minimum Gasteiger partial charge on any atom is -0.491 e. The van der Waals surface area contributed by atoms with Crippen molar-refractivity contribution in [2.75, 3.05) is 26.3 Å². The Kier molecular flexibility index (Phi) is 4.51. The number of amides is 2. The lowest BCUT2D eigenvalue weighted by Gasteiger charge is -2.33. The molecule has 2 aliphatic rings. The van der Waals surface area contributed by atoms with Crippen LogP contribution in [0.1, 0.15) is 23.3 Å². The molecule has 2 aromatic rings. The molecule has 0 aromatic heterocycles. The first-order chi connectivity index (χ1) is 12.2. The number of hydrogen-bond donors (Lipinski definition) is 1. The number of fused-ring (bicyclic) bond motifs is 1. The summed E-state index contributed by atoms with van der Waals surface area (Å²) in [4.78, 5) is 14.5. The largest absolute Gasteiger partial charge is 0.491 e. The van der Waals surface area contributed by atoms with E-state index in [-0.39, 0.29) is 18.2 Å². The molecule has 0 aliphatic carbocycles. The first-order valence-electron chi connectivity index (χ1n) is 8.35. The summed E-state index contributed by atoms with van der Waals surface area (Å²) < 4.78 is 11.5. The lowest BCUT2D eigenvalue weighted by atomic mass is 10.1. The topological polar surface area (TPSA) is 50.8 Å². The number of halogens is 1. The summed E-state index contributed by atoms with van der Waals surface area (Å²) in [5, 5.41) is 3.76. The molecule has 0 spiro atoms. The first-order valence-corrected chi connectivity index (χ1v) is 8.73. The molecule has 0 radical (unpaired) electrons. The van der Waals surface area contributed by atoms with Crippen molar-refractivity contribution in [1.82, 2.24) is 10.2 Å². The van der Waals surface area contributed by atoms with E-state index in [9.17, 15) is 4.79 Å². The zero-order valence-electron chi connectivity index (χ0n) is 13.7. The normalized spacial score (nSPS) is 22.2. The van der Waals surface area contributed by atoms with Gasteiger partial charge in [-0.15, -0.1) is 0 Å². The van der Waals surface area contributed by atoms with E-state index >= 15 is 0 Å². The Morgan fingerprint density at radius 2 is 1.96 bits per heavy atom. The van der Waals surface area contributed by atoms with E-state index in [1.807, 2.05) is 48.5 Å². The third-order valence-electron chi connectivity index (χ3n) is 4.59. The van der Waals surface area contributed by atoms with E-state index in [1.54, 1.807) is 4.90 Å². The quantitative estimate of drug-likeness (QED) is 0.893. The van der Waals surface area contributed by atoms with Crippen molar-refractivity contribution < 1.29 is 14.3 Å². The van der Waals surface area contributed by atoms with Gasteiger partial charge in [-0.05, 0) is 23.8 Å². The van der Waals surface area contributed by atoms with Crippen LogP contribution in [0.15, 0.2) is 48.5 Å². The number of carbonyl (C=O) groups excluding carboxylic acids is 1. The number of nitrogens with zero attached hydrogens (tertiary/aromatic N) is 1. The fourth-order valence-corrected chi connectivity index (χ4v) is 3.36. The van der Waals surface area contributed by atoms with Gasteiger partial charge < -0.3 is 19.7 Å². The number of rotatable bonds is 2. The van der Waals surface area contributed by atoms with E-state index in [2.05, 4.69) is 5.32 Å². The van der Waals surface area contributed by atoms with E-state index in [0.29, 0.717) is 31.3 Å². The Labute approximate surface area is 151 Å². The van der Waals surface area contributed by atoms with Gasteiger partial charge >= 0.3 is 6.03 Å². The van der Waals surface area contributed by atoms with Gasteiger partial charge in [0.25, 0.3) is 0 Å². The fraction of sp³-hybridized carbons (Fsp3) is 0.316. The van der Waals surface area contributed by atoms with Crippen LogP contribution in [0.3, 0.4) is 0 Å². The average molecular weight is 359 g/mol. The van der Waals surface area contributed by atoms with Crippen LogP contribution < -0.4 is 10.1 Å². The van der Waals surface area contributed by atoms with Crippen LogP contribution in [0.4, 0.5) is 4.79 Å². The van der Waals surface area contributed by atoms with Gasteiger partial charge in [0, 0.05) is 17.1 Å². The number of urea groups is 1. The number of nitrogens with one attached hydrogen (secondary N) is 1. The maximum absolute atomic E-state index is 12.7. The Hall–Kier alpha value is -2.24. The van der Waals surface area contributed by atoms with Crippen molar-refractivity contribution >= 4 is 17.6 Å². The van der Waals surface area contributed by atoms with Crippen molar-refractivity contribution in [3.05, 3.63) is 64.7 Å². The molecule has 2 atom stereocenters. The monoisotopic (exact) mass is 358 g/mol. The molecular weight excluding hydrogens is 340 g/mol. The number of carbonyl (C=O) groups is 1. The van der Waals surface area contributed by atoms with Crippen LogP contribution in [0.2, 0.25) is 5.02 Å². The second kappa shape index (κ2) is 6.94. The Morgan fingerprint density at radius 1 is 1.16 bits per heavy atom. The fourth-order valence-electron chi connectivity index (χ4n) is 3.24. The number of benzene rings is 2. The summed E-state index contributed by atoms with van der Waals surface area (Å²) in [6, 6.07) is 15.2. The lowest BCUT2D eigenvalue weighted by Crippen LogP contribution is -2.48. The minimum atomic E-state index is -0.135. The predicted octanol–water partition coefficient (Wildman–Crippen LogP) is 3.56. The number of morpholine rings is 1. The molecule has 0 bridgehead atoms. The van der Waals surface area contributed by atoms with Gasteiger partial charge in [0.2, 0.25) is 0 Å². The van der Waals surface area contributed by atoms with Crippen molar-refractivity contribution in [2.24, 2.45) is 0 Å². The van der Waals surface area contributed by atoms with Gasteiger partial charge in [0.1, 0.15) is 18.5 Å². The molecule has 1 fully saturated rings. The molecule has 0 saturated carbocycles. The van der Waals surface area contributed by atoms with Gasteiger partial charge in [-0.2, -0.15) is 0 Å². The highest BCUT2D eigenvalue weighted by molar-refractivity contribution is 6.30. The molecular formula is C19H19ClN2O3. The van der Waals surface area contributed by atoms with E-state index in [0.717, 1.165) is 16.9 Å². The highest BCUT2D eigenvalue weighted by Gasteiger charge is 2.30. The van der Waals surface area contributed by atoms with E-state index in [1.165, 1.54) is 0 Å². The zero-order chi connectivity index (χ0) is 17.2. The van der Waals surface area contributed by atoms with Crippen molar-refractivity contribution in [1.29, 1.82) is 0 Å². The molecule has 130 valence electrons. The Morgan fingerprint density at radius 3 is 2.80 bits per heavy atom. The summed E-state index contributed by atoms with van der Waals surface area (Å²) in [6.45, 7) is 2.07. The minimum absolute atomic E-state index is 0.0902. The average Bonchev–Trinajstić information content (AvgIpc) is 3.05. The van der Waals surface area contributed by atoms with Gasteiger partial charge in [0.05, 0.1) is 19.2 Å². The maximum atomic E-state index is 12.7. The van der Waals surface area contributed by atoms with Crippen molar-refractivity contribution in [3.8, 4) is 5.75 Å². The number of hydrogen-bond acceptors (Lipinski definition) is 3. The second-order valence-corrected chi connectivity index (χ2v) is 6.64. The molecule has 1 N–H and O–H groups in total. The standard InChI is InChI=1S/C19H19ClN2O3/c20-14-7-5-13(6-8-14)18-11-22(9-10-24-18)19(23)21-16-12-25-17-4-2-1-3-15(16)17/h1-8,16,18H,9-12H2,(H,21,23)/t16-,18+/m1/s1.